The van der Waals surface area contributed by atoms with Crippen molar-refractivity contribution in [2.45, 2.75) is 58.9 Å². The van der Waals surface area contributed by atoms with E-state index in [0.717, 1.165) is 45.2 Å². The zero-order chi connectivity index (χ0) is 15.2. The number of hydrogen-bond acceptors (Lipinski definition) is 3. The van der Waals surface area contributed by atoms with E-state index in [0.29, 0.717) is 6.54 Å². The zero-order valence-electron chi connectivity index (χ0n) is 13.4. The first-order valence-electron chi connectivity index (χ1n) is 7.74. The van der Waals surface area contributed by atoms with Crippen LogP contribution in [0.2, 0.25) is 0 Å². The van der Waals surface area contributed by atoms with Gasteiger partial charge in [-0.25, -0.2) is 0 Å². The van der Waals surface area contributed by atoms with Crippen LogP contribution in [0.1, 0.15) is 52.9 Å². The number of hydrogen-bond donors (Lipinski definition) is 2. The van der Waals surface area contributed by atoms with Gasteiger partial charge >= 0.3 is 0 Å². The van der Waals surface area contributed by atoms with Crippen LogP contribution >= 0.6 is 0 Å². The Morgan fingerprint density at radius 2 is 2.00 bits per heavy atom. The molecule has 1 rings (SSSR count). The maximum Gasteiger partial charge on any atom is 0.279 e. The normalized spacial score (nSPS) is 22.6. The summed E-state index contributed by atoms with van der Waals surface area (Å²) >= 11 is 0. The van der Waals surface area contributed by atoms with Crippen molar-refractivity contribution >= 4 is 10.2 Å². The molecular formula is C14H31N3O2S. The van der Waals surface area contributed by atoms with E-state index in [2.05, 4.69) is 30.8 Å². The highest BCUT2D eigenvalue weighted by Gasteiger charge is 2.37. The number of nitrogens with zero attached hydrogens (tertiary/aromatic N) is 1. The minimum Gasteiger partial charge on any atom is -0.317 e. The molecule has 0 aromatic rings. The maximum absolute atomic E-state index is 12.3. The summed E-state index contributed by atoms with van der Waals surface area (Å²) in [5, 5.41) is 3.29. The average molecular weight is 305 g/mol. The predicted octanol–water partition coefficient (Wildman–Crippen LogP) is 1.72. The van der Waals surface area contributed by atoms with Gasteiger partial charge in [-0.3, -0.25) is 0 Å². The van der Waals surface area contributed by atoms with Crippen molar-refractivity contribution in [3.8, 4) is 0 Å². The highest BCUT2D eigenvalue weighted by atomic mass is 32.2. The van der Waals surface area contributed by atoms with E-state index in [9.17, 15) is 8.42 Å². The molecule has 0 radical (unpaired) electrons. The molecule has 20 heavy (non-hydrogen) atoms. The van der Waals surface area contributed by atoms with Crippen LogP contribution in [0.5, 0.6) is 0 Å². The van der Waals surface area contributed by atoms with Gasteiger partial charge in [0.1, 0.15) is 0 Å². The largest absolute Gasteiger partial charge is 0.317 e. The third-order valence-electron chi connectivity index (χ3n) is 4.21. The molecule has 0 bridgehead atoms. The van der Waals surface area contributed by atoms with Gasteiger partial charge < -0.3 is 5.32 Å². The SMILES string of the molecule is CCCNCCCN(C)S(=O)(=O)NC1CCCC1(C)C. The van der Waals surface area contributed by atoms with Gasteiger partial charge in [0, 0.05) is 19.6 Å². The van der Waals surface area contributed by atoms with Crippen molar-refractivity contribution in [2.24, 2.45) is 5.41 Å². The summed E-state index contributed by atoms with van der Waals surface area (Å²) < 4.78 is 28.9. The van der Waals surface area contributed by atoms with Gasteiger partial charge in [-0.2, -0.15) is 17.4 Å². The molecule has 0 aromatic carbocycles. The van der Waals surface area contributed by atoms with Crippen LogP contribution in [0.25, 0.3) is 0 Å². The van der Waals surface area contributed by atoms with E-state index < -0.39 is 10.2 Å². The molecule has 0 spiro atoms. The van der Waals surface area contributed by atoms with Crippen molar-refractivity contribution in [3.63, 3.8) is 0 Å². The number of nitrogens with one attached hydrogen (secondary N) is 2. The van der Waals surface area contributed by atoms with Gasteiger partial charge in [-0.05, 0) is 44.2 Å². The van der Waals surface area contributed by atoms with Crippen molar-refractivity contribution in [2.75, 3.05) is 26.7 Å². The molecule has 0 heterocycles. The fraction of sp³-hybridized carbons (Fsp3) is 1.00. The molecule has 1 atom stereocenters. The molecule has 0 aromatic heterocycles. The molecule has 6 heteroatoms. The second-order valence-corrected chi connectivity index (χ2v) is 8.29. The Morgan fingerprint density at radius 1 is 1.30 bits per heavy atom. The fourth-order valence-electron chi connectivity index (χ4n) is 2.66. The van der Waals surface area contributed by atoms with E-state index in [1.165, 1.54) is 4.31 Å². The molecule has 2 N–H and O–H groups in total. The second kappa shape index (κ2) is 7.73. The Labute approximate surface area is 124 Å². The maximum atomic E-state index is 12.3. The van der Waals surface area contributed by atoms with Crippen LogP contribution in [-0.4, -0.2) is 45.4 Å². The van der Waals surface area contributed by atoms with Gasteiger partial charge in [0.15, 0.2) is 0 Å². The van der Waals surface area contributed by atoms with Crippen molar-refractivity contribution in [1.82, 2.24) is 14.3 Å². The monoisotopic (exact) mass is 305 g/mol. The average Bonchev–Trinajstić information content (AvgIpc) is 2.67. The Hall–Kier alpha value is -0.170. The van der Waals surface area contributed by atoms with Crippen LogP contribution < -0.4 is 10.0 Å². The topological polar surface area (TPSA) is 61.4 Å². The zero-order valence-corrected chi connectivity index (χ0v) is 14.2. The van der Waals surface area contributed by atoms with Gasteiger partial charge in [0.05, 0.1) is 0 Å². The van der Waals surface area contributed by atoms with E-state index in [4.69, 9.17) is 0 Å². The quantitative estimate of drug-likeness (QED) is 0.638. The molecular weight excluding hydrogens is 274 g/mol. The summed E-state index contributed by atoms with van der Waals surface area (Å²) in [4.78, 5) is 0. The molecule has 1 saturated carbocycles. The summed E-state index contributed by atoms with van der Waals surface area (Å²) in [5.41, 5.74) is 0.0661. The lowest BCUT2D eigenvalue weighted by molar-refractivity contribution is 0.306. The number of rotatable bonds is 9. The molecule has 1 aliphatic carbocycles. The molecule has 1 aliphatic rings. The smallest absolute Gasteiger partial charge is 0.279 e. The van der Waals surface area contributed by atoms with Crippen LogP contribution in [0.15, 0.2) is 0 Å². The molecule has 1 unspecified atom stereocenters. The minimum absolute atomic E-state index is 0.0631. The predicted molar refractivity (Wildman–Crippen MR) is 83.9 cm³/mol. The molecule has 120 valence electrons. The molecule has 0 amide bonds. The lowest BCUT2D eigenvalue weighted by atomic mass is 9.88. The lowest BCUT2D eigenvalue weighted by Crippen LogP contribution is -2.47. The van der Waals surface area contributed by atoms with Crippen LogP contribution in [-0.2, 0) is 10.2 Å². The van der Waals surface area contributed by atoms with E-state index in [1.807, 2.05) is 0 Å². The van der Waals surface area contributed by atoms with Gasteiger partial charge in [0.25, 0.3) is 10.2 Å². The fourth-order valence-corrected chi connectivity index (χ4v) is 4.01. The van der Waals surface area contributed by atoms with E-state index in [-0.39, 0.29) is 11.5 Å². The van der Waals surface area contributed by atoms with Crippen LogP contribution in [0, 0.1) is 5.41 Å². The first-order valence-corrected chi connectivity index (χ1v) is 9.18. The minimum atomic E-state index is -3.35. The third kappa shape index (κ3) is 5.31. The first kappa shape index (κ1) is 17.9. The Kier molecular flexibility index (Phi) is 6.91. The standard InChI is InChI=1S/C14H31N3O2S/c1-5-10-15-11-7-12-17(4)20(18,19)16-13-8-6-9-14(13,2)3/h13,15-16H,5-12H2,1-4H3. The molecule has 5 nitrogen and oxygen atoms in total. The lowest BCUT2D eigenvalue weighted by Gasteiger charge is -2.29. The summed E-state index contributed by atoms with van der Waals surface area (Å²) in [6.07, 6.45) is 5.08. The second-order valence-electron chi connectivity index (χ2n) is 6.48. The van der Waals surface area contributed by atoms with Gasteiger partial charge in [-0.15, -0.1) is 0 Å². The van der Waals surface area contributed by atoms with Gasteiger partial charge in [0.2, 0.25) is 0 Å². The van der Waals surface area contributed by atoms with Crippen molar-refractivity contribution in [3.05, 3.63) is 0 Å². The Bertz CT molecular complexity index is 382. The van der Waals surface area contributed by atoms with Crippen LogP contribution in [0.3, 0.4) is 0 Å². The summed E-state index contributed by atoms with van der Waals surface area (Å²) in [6.45, 7) is 8.81. The molecule has 0 saturated heterocycles. The molecule has 1 fully saturated rings. The summed E-state index contributed by atoms with van der Waals surface area (Å²) in [6, 6.07) is 0.0631. The summed E-state index contributed by atoms with van der Waals surface area (Å²) in [5.74, 6) is 0. The highest BCUT2D eigenvalue weighted by molar-refractivity contribution is 7.87. The van der Waals surface area contributed by atoms with Crippen molar-refractivity contribution < 1.29 is 8.42 Å². The van der Waals surface area contributed by atoms with Gasteiger partial charge in [-0.1, -0.05) is 27.2 Å². The third-order valence-corrected chi connectivity index (χ3v) is 5.80. The van der Waals surface area contributed by atoms with Crippen LogP contribution in [0.4, 0.5) is 0 Å². The summed E-state index contributed by atoms with van der Waals surface area (Å²) in [7, 11) is -1.70. The van der Waals surface area contributed by atoms with Crippen molar-refractivity contribution in [1.29, 1.82) is 0 Å². The van der Waals surface area contributed by atoms with E-state index in [1.54, 1.807) is 7.05 Å². The first-order chi connectivity index (χ1) is 9.29. The highest BCUT2D eigenvalue weighted by Crippen LogP contribution is 2.37. The Balaban J connectivity index is 2.39. The Morgan fingerprint density at radius 3 is 2.55 bits per heavy atom. The molecule has 0 aliphatic heterocycles. The van der Waals surface area contributed by atoms with E-state index >= 15 is 0 Å².